The average Bonchev–Trinajstić information content (AvgIpc) is 2.05. The van der Waals surface area contributed by atoms with Crippen LogP contribution in [0.25, 0.3) is 0 Å². The Morgan fingerprint density at radius 3 is 3.08 bits per heavy atom. The summed E-state index contributed by atoms with van der Waals surface area (Å²) in [7, 11) is 0. The number of halogens is 1. The van der Waals surface area contributed by atoms with Crippen molar-refractivity contribution in [2.45, 2.75) is 12.5 Å². The van der Waals surface area contributed by atoms with Gasteiger partial charge in [-0.15, -0.1) is 12.3 Å². The predicted molar refractivity (Wildman–Crippen MR) is 47.7 cm³/mol. The average molecular weight is 182 g/mol. The molecule has 1 aromatic rings. The molecule has 0 aromatic carbocycles. The summed E-state index contributed by atoms with van der Waals surface area (Å²) in [6.45, 7) is 0. The zero-order valence-corrected chi connectivity index (χ0v) is 7.12. The molecule has 1 rings (SSSR count). The molecule has 1 atom stereocenters. The van der Waals surface area contributed by atoms with E-state index in [9.17, 15) is 5.11 Å². The molecule has 0 saturated carbocycles. The Labute approximate surface area is 76.2 Å². The maximum atomic E-state index is 9.42. The highest BCUT2D eigenvalue weighted by Gasteiger charge is 2.05. The summed E-state index contributed by atoms with van der Waals surface area (Å²) in [4.78, 5) is 3.79. The fourth-order valence-corrected chi connectivity index (χ4v) is 1.04. The first-order valence-corrected chi connectivity index (χ1v) is 3.85. The zero-order valence-electron chi connectivity index (χ0n) is 6.37. The first-order valence-electron chi connectivity index (χ1n) is 3.47. The Balaban J connectivity index is 2.82. The number of rotatable bonds is 2. The Hall–Kier alpha value is -1.04. The summed E-state index contributed by atoms with van der Waals surface area (Å²) in [5.74, 6) is 2.37. The third-order valence-corrected chi connectivity index (χ3v) is 1.65. The molecule has 1 heterocycles. The van der Waals surface area contributed by atoms with Gasteiger partial charge in [0.25, 0.3) is 0 Å². The van der Waals surface area contributed by atoms with Crippen molar-refractivity contribution in [3.63, 3.8) is 0 Å². The van der Waals surface area contributed by atoms with Gasteiger partial charge in [-0.2, -0.15) is 0 Å². The Morgan fingerprint density at radius 2 is 2.50 bits per heavy atom. The van der Waals surface area contributed by atoms with Crippen LogP contribution in [-0.2, 0) is 0 Å². The lowest BCUT2D eigenvalue weighted by molar-refractivity contribution is 0.184. The number of nitrogens with zero attached hydrogens (tertiary/aromatic N) is 1. The summed E-state index contributed by atoms with van der Waals surface area (Å²) in [5, 5.41) is 9.78. The second-order valence-corrected chi connectivity index (χ2v) is 2.72. The van der Waals surface area contributed by atoms with Gasteiger partial charge in [0.2, 0.25) is 0 Å². The molecular formula is C9H8ClNO. The van der Waals surface area contributed by atoms with Crippen LogP contribution < -0.4 is 0 Å². The zero-order chi connectivity index (χ0) is 8.97. The predicted octanol–water partition coefficient (Wildman–Crippen LogP) is 1.79. The van der Waals surface area contributed by atoms with Crippen LogP contribution in [0, 0.1) is 12.3 Å². The maximum Gasteiger partial charge on any atom is 0.129 e. The van der Waals surface area contributed by atoms with Gasteiger partial charge < -0.3 is 5.11 Å². The van der Waals surface area contributed by atoms with Gasteiger partial charge in [-0.05, 0) is 17.7 Å². The largest absolute Gasteiger partial charge is 0.387 e. The first kappa shape index (κ1) is 9.05. The van der Waals surface area contributed by atoms with Gasteiger partial charge in [0, 0.05) is 12.6 Å². The van der Waals surface area contributed by atoms with Crippen molar-refractivity contribution in [1.29, 1.82) is 0 Å². The highest BCUT2D eigenvalue weighted by Crippen LogP contribution is 2.17. The van der Waals surface area contributed by atoms with Crippen molar-refractivity contribution in [2.24, 2.45) is 0 Å². The molecule has 1 unspecified atom stereocenters. The van der Waals surface area contributed by atoms with Crippen molar-refractivity contribution in [2.75, 3.05) is 0 Å². The number of terminal acetylenes is 1. The second kappa shape index (κ2) is 4.10. The Kier molecular flexibility index (Phi) is 3.09. The van der Waals surface area contributed by atoms with E-state index in [0.717, 1.165) is 0 Å². The normalized spacial score (nSPS) is 12.1. The second-order valence-electron chi connectivity index (χ2n) is 2.34. The van der Waals surface area contributed by atoms with Crippen LogP contribution in [-0.4, -0.2) is 10.1 Å². The van der Waals surface area contributed by atoms with E-state index in [1.165, 1.54) is 6.20 Å². The molecule has 0 aliphatic carbocycles. The number of aromatic nitrogens is 1. The Bertz CT molecular complexity index is 306. The maximum absolute atomic E-state index is 9.42. The van der Waals surface area contributed by atoms with Gasteiger partial charge >= 0.3 is 0 Å². The van der Waals surface area contributed by atoms with Crippen molar-refractivity contribution in [3.05, 3.63) is 29.0 Å². The molecule has 1 aromatic heterocycles. The molecular weight excluding hydrogens is 174 g/mol. The van der Waals surface area contributed by atoms with E-state index in [-0.39, 0.29) is 0 Å². The van der Waals surface area contributed by atoms with E-state index in [2.05, 4.69) is 10.9 Å². The molecule has 12 heavy (non-hydrogen) atoms. The molecule has 0 amide bonds. The number of hydrogen-bond acceptors (Lipinski definition) is 2. The van der Waals surface area contributed by atoms with Crippen LogP contribution in [0.4, 0.5) is 0 Å². The number of aliphatic hydroxyl groups excluding tert-OH is 1. The highest BCUT2D eigenvalue weighted by atomic mass is 35.5. The molecule has 0 fully saturated rings. The standard InChI is InChI=1S/C9H8ClNO/c1-2-3-8(12)7-4-5-11-9(10)6-7/h1,4-6,8,12H,3H2. The molecule has 3 heteroatoms. The smallest absolute Gasteiger partial charge is 0.129 e. The van der Waals surface area contributed by atoms with Gasteiger partial charge in [0.1, 0.15) is 5.15 Å². The van der Waals surface area contributed by atoms with Gasteiger partial charge in [0.05, 0.1) is 6.10 Å². The molecule has 0 spiro atoms. The minimum atomic E-state index is -0.643. The van der Waals surface area contributed by atoms with Crippen LogP contribution in [0.15, 0.2) is 18.3 Å². The number of hydrogen-bond donors (Lipinski definition) is 1. The minimum absolute atomic E-state index is 0.292. The van der Waals surface area contributed by atoms with E-state index >= 15 is 0 Å². The molecule has 0 saturated heterocycles. The molecule has 1 N–H and O–H groups in total. The number of pyridine rings is 1. The molecule has 2 nitrogen and oxygen atoms in total. The summed E-state index contributed by atoms with van der Waals surface area (Å²) >= 11 is 5.62. The lowest BCUT2D eigenvalue weighted by Gasteiger charge is -2.06. The van der Waals surface area contributed by atoms with E-state index in [0.29, 0.717) is 17.1 Å². The van der Waals surface area contributed by atoms with Gasteiger partial charge in [-0.25, -0.2) is 4.98 Å². The molecule has 62 valence electrons. The Morgan fingerprint density at radius 1 is 1.75 bits per heavy atom. The van der Waals surface area contributed by atoms with Crippen LogP contribution in [0.5, 0.6) is 0 Å². The fourth-order valence-electron chi connectivity index (χ4n) is 0.854. The van der Waals surface area contributed by atoms with Crippen LogP contribution in [0.1, 0.15) is 18.1 Å². The third kappa shape index (κ3) is 2.23. The van der Waals surface area contributed by atoms with Crippen molar-refractivity contribution in [3.8, 4) is 12.3 Å². The third-order valence-electron chi connectivity index (χ3n) is 1.45. The summed E-state index contributed by atoms with van der Waals surface area (Å²) in [5.41, 5.74) is 0.702. The van der Waals surface area contributed by atoms with Crippen LogP contribution >= 0.6 is 11.6 Å². The van der Waals surface area contributed by atoms with E-state index in [1.807, 2.05) is 0 Å². The molecule has 0 aliphatic heterocycles. The summed E-state index contributed by atoms with van der Waals surface area (Å²) < 4.78 is 0. The van der Waals surface area contributed by atoms with Gasteiger partial charge in [0.15, 0.2) is 0 Å². The van der Waals surface area contributed by atoms with E-state index in [4.69, 9.17) is 18.0 Å². The van der Waals surface area contributed by atoms with Gasteiger partial charge in [-0.1, -0.05) is 11.6 Å². The lowest BCUT2D eigenvalue weighted by Crippen LogP contribution is -1.95. The quantitative estimate of drug-likeness (QED) is 0.558. The van der Waals surface area contributed by atoms with Crippen molar-refractivity contribution < 1.29 is 5.11 Å². The van der Waals surface area contributed by atoms with Gasteiger partial charge in [-0.3, -0.25) is 0 Å². The highest BCUT2D eigenvalue weighted by molar-refractivity contribution is 6.29. The van der Waals surface area contributed by atoms with Crippen LogP contribution in [0.3, 0.4) is 0 Å². The van der Waals surface area contributed by atoms with Crippen LogP contribution in [0.2, 0.25) is 5.15 Å². The summed E-state index contributed by atoms with van der Waals surface area (Å²) in [6, 6.07) is 3.29. The first-order chi connectivity index (χ1) is 5.74. The van der Waals surface area contributed by atoms with Crippen molar-refractivity contribution >= 4 is 11.6 Å². The van der Waals surface area contributed by atoms with E-state index < -0.39 is 6.10 Å². The molecule has 0 radical (unpaired) electrons. The monoisotopic (exact) mass is 181 g/mol. The SMILES string of the molecule is C#CCC(O)c1ccnc(Cl)c1. The lowest BCUT2D eigenvalue weighted by atomic mass is 10.1. The minimum Gasteiger partial charge on any atom is -0.387 e. The summed E-state index contributed by atoms with van der Waals surface area (Å²) in [6.07, 6.45) is 6.23. The van der Waals surface area contributed by atoms with Crippen molar-refractivity contribution in [1.82, 2.24) is 4.98 Å². The van der Waals surface area contributed by atoms with E-state index in [1.54, 1.807) is 12.1 Å². The molecule has 0 aliphatic rings. The fraction of sp³-hybridized carbons (Fsp3) is 0.222. The topological polar surface area (TPSA) is 33.1 Å². The molecule has 0 bridgehead atoms. The number of aliphatic hydroxyl groups is 1.